The van der Waals surface area contributed by atoms with Gasteiger partial charge < -0.3 is 14.8 Å². The third-order valence-electron chi connectivity index (χ3n) is 5.16. The number of aryl methyl sites for hydroxylation is 1. The summed E-state index contributed by atoms with van der Waals surface area (Å²) in [6.45, 7) is 1.67. The maximum Gasteiger partial charge on any atom is 0.238 e. The smallest absolute Gasteiger partial charge is 0.238 e. The Labute approximate surface area is 153 Å². The number of anilines is 1. The highest BCUT2D eigenvalue weighted by atomic mass is 16.2. The average Bonchev–Trinajstić information content (AvgIpc) is 3.31. The van der Waals surface area contributed by atoms with Gasteiger partial charge in [-0.15, -0.1) is 0 Å². The van der Waals surface area contributed by atoms with Crippen molar-refractivity contribution in [1.29, 1.82) is 0 Å². The van der Waals surface area contributed by atoms with Crippen LogP contribution >= 0.6 is 0 Å². The van der Waals surface area contributed by atoms with Crippen molar-refractivity contribution >= 4 is 11.9 Å². The van der Waals surface area contributed by atoms with Gasteiger partial charge in [-0.25, -0.2) is 20.8 Å². The highest BCUT2D eigenvalue weighted by Gasteiger charge is 2.33. The first kappa shape index (κ1) is 17.0. The number of nitrogens with zero attached hydrogens (tertiary/aromatic N) is 4. The molecule has 1 amide bonds. The maximum atomic E-state index is 12.7. The predicted molar refractivity (Wildman–Crippen MR) is 98.2 cm³/mol. The highest BCUT2D eigenvalue weighted by Crippen LogP contribution is 2.22. The number of carbonyl (C=O) groups is 1. The van der Waals surface area contributed by atoms with Crippen LogP contribution in [0.15, 0.2) is 36.8 Å². The van der Waals surface area contributed by atoms with E-state index in [1.165, 1.54) is 5.69 Å². The zero-order valence-electron chi connectivity index (χ0n) is 14.9. The van der Waals surface area contributed by atoms with E-state index in [2.05, 4.69) is 41.7 Å². The van der Waals surface area contributed by atoms with Crippen LogP contribution in [0.4, 0.5) is 5.95 Å². The molecule has 0 aliphatic carbocycles. The molecule has 2 aliphatic rings. The van der Waals surface area contributed by atoms with E-state index >= 15 is 0 Å². The van der Waals surface area contributed by atoms with Gasteiger partial charge in [0.2, 0.25) is 11.9 Å². The summed E-state index contributed by atoms with van der Waals surface area (Å²) in [5, 5.41) is 3.20. The highest BCUT2D eigenvalue weighted by molar-refractivity contribution is 5.82. The van der Waals surface area contributed by atoms with Gasteiger partial charge in [-0.1, -0.05) is 0 Å². The average molecular weight is 355 g/mol. The fraction of sp³-hybridized carbons (Fsp3) is 0.500. The van der Waals surface area contributed by atoms with Crippen molar-refractivity contribution in [2.75, 3.05) is 18.0 Å². The third kappa shape index (κ3) is 3.56. The van der Waals surface area contributed by atoms with Gasteiger partial charge in [-0.3, -0.25) is 4.79 Å². The van der Waals surface area contributed by atoms with Crippen LogP contribution in [0.5, 0.6) is 0 Å². The Balaban J connectivity index is 1.33. The molecule has 2 fully saturated rings. The minimum absolute atomic E-state index is 0.0510. The second-order valence-corrected chi connectivity index (χ2v) is 7.02. The van der Waals surface area contributed by atoms with Gasteiger partial charge in [-0.05, 0) is 37.5 Å². The molecule has 3 N–H and O–H groups in total. The Hall–Kier alpha value is -2.45. The number of nitrogens with one attached hydrogen (secondary N) is 3. The second kappa shape index (κ2) is 7.43. The molecule has 3 unspecified atom stereocenters. The first-order valence-corrected chi connectivity index (χ1v) is 9.15. The molecule has 8 nitrogen and oxygen atoms in total. The lowest BCUT2D eigenvalue weighted by Gasteiger charge is -2.33. The molecule has 0 saturated carbocycles. The number of amides is 1. The van der Waals surface area contributed by atoms with Crippen molar-refractivity contribution in [3.8, 4) is 0 Å². The quantitative estimate of drug-likeness (QED) is 0.741. The van der Waals surface area contributed by atoms with E-state index in [4.69, 9.17) is 0 Å². The molecular formula is C18H25N7O. The van der Waals surface area contributed by atoms with Crippen molar-refractivity contribution in [3.63, 3.8) is 0 Å². The number of carbonyl (C=O) groups excluding carboxylic acids is 1. The maximum absolute atomic E-state index is 12.7. The fourth-order valence-corrected chi connectivity index (χ4v) is 3.79. The summed E-state index contributed by atoms with van der Waals surface area (Å²) in [4.78, 5) is 23.5. The Morgan fingerprint density at radius 1 is 1.27 bits per heavy atom. The van der Waals surface area contributed by atoms with E-state index in [1.54, 1.807) is 12.4 Å². The predicted octanol–water partition coefficient (Wildman–Crippen LogP) is 0.508. The molecule has 2 aromatic heterocycles. The molecule has 4 rings (SSSR count). The van der Waals surface area contributed by atoms with Crippen molar-refractivity contribution in [1.82, 2.24) is 30.7 Å². The molecule has 2 aliphatic heterocycles. The first-order valence-electron chi connectivity index (χ1n) is 9.15. The number of rotatable bonds is 4. The zero-order chi connectivity index (χ0) is 17.9. The van der Waals surface area contributed by atoms with Crippen LogP contribution in [0.3, 0.4) is 0 Å². The van der Waals surface area contributed by atoms with Crippen LogP contribution in [-0.4, -0.2) is 45.6 Å². The lowest BCUT2D eigenvalue weighted by Crippen LogP contribution is -2.52. The largest absolute Gasteiger partial charge is 0.353 e. The lowest BCUT2D eigenvalue weighted by atomic mass is 10.0. The Kier molecular flexibility index (Phi) is 4.85. The van der Waals surface area contributed by atoms with Gasteiger partial charge in [0.1, 0.15) is 6.04 Å². The standard InChI is InChI=1S/C18H25N7O/c1-24-9-3-6-16(24)14-11-15(23-22-14)17(26)21-13-5-2-10-25(12-13)18-19-7-4-8-20-18/h3-4,6-9,13-15,22-23H,2,5,10-12H2,1H3,(H,21,26). The molecule has 3 atom stereocenters. The number of hydrazine groups is 1. The van der Waals surface area contributed by atoms with E-state index < -0.39 is 0 Å². The van der Waals surface area contributed by atoms with Crippen LogP contribution in [-0.2, 0) is 11.8 Å². The summed E-state index contributed by atoms with van der Waals surface area (Å²) in [6.07, 6.45) is 8.27. The van der Waals surface area contributed by atoms with Gasteiger partial charge in [0, 0.05) is 50.5 Å². The van der Waals surface area contributed by atoms with Crippen LogP contribution in [0.2, 0.25) is 0 Å². The van der Waals surface area contributed by atoms with Gasteiger partial charge >= 0.3 is 0 Å². The number of hydrogen-bond donors (Lipinski definition) is 3. The fourth-order valence-electron chi connectivity index (χ4n) is 3.79. The van der Waals surface area contributed by atoms with Crippen molar-refractivity contribution in [2.45, 2.75) is 37.4 Å². The molecule has 2 aromatic rings. The van der Waals surface area contributed by atoms with Crippen LogP contribution < -0.4 is 21.1 Å². The number of hydrogen-bond acceptors (Lipinski definition) is 6. The van der Waals surface area contributed by atoms with Crippen LogP contribution in [0.25, 0.3) is 0 Å². The van der Waals surface area contributed by atoms with Gasteiger partial charge in [-0.2, -0.15) is 0 Å². The summed E-state index contributed by atoms with van der Waals surface area (Å²) in [5.74, 6) is 0.783. The summed E-state index contributed by atoms with van der Waals surface area (Å²) in [7, 11) is 2.02. The molecule has 0 radical (unpaired) electrons. The van der Waals surface area contributed by atoms with Gasteiger partial charge in [0.05, 0.1) is 6.04 Å². The second-order valence-electron chi connectivity index (χ2n) is 7.02. The zero-order valence-corrected chi connectivity index (χ0v) is 14.9. The molecule has 0 bridgehead atoms. The van der Waals surface area contributed by atoms with Gasteiger partial charge in [0.25, 0.3) is 0 Å². The molecule has 138 valence electrons. The Morgan fingerprint density at radius 3 is 2.88 bits per heavy atom. The van der Waals surface area contributed by atoms with Crippen molar-refractivity contribution < 1.29 is 4.79 Å². The molecule has 8 heteroatoms. The van der Waals surface area contributed by atoms with E-state index in [-0.39, 0.29) is 24.0 Å². The summed E-state index contributed by atoms with van der Waals surface area (Å²) in [5.41, 5.74) is 7.56. The summed E-state index contributed by atoms with van der Waals surface area (Å²) < 4.78 is 2.08. The first-order chi connectivity index (χ1) is 12.7. The Bertz CT molecular complexity index is 747. The van der Waals surface area contributed by atoms with E-state index in [0.29, 0.717) is 0 Å². The van der Waals surface area contributed by atoms with Gasteiger partial charge in [0.15, 0.2) is 0 Å². The number of aromatic nitrogens is 3. The summed E-state index contributed by atoms with van der Waals surface area (Å²) >= 11 is 0. The molecular weight excluding hydrogens is 330 g/mol. The molecule has 2 saturated heterocycles. The summed E-state index contributed by atoms with van der Waals surface area (Å²) in [6, 6.07) is 5.96. The molecule has 4 heterocycles. The molecule has 0 spiro atoms. The minimum Gasteiger partial charge on any atom is -0.353 e. The number of piperidine rings is 1. The van der Waals surface area contributed by atoms with E-state index in [1.807, 2.05) is 25.4 Å². The van der Waals surface area contributed by atoms with Crippen molar-refractivity contribution in [3.05, 3.63) is 42.5 Å². The molecule has 0 aromatic carbocycles. The van der Waals surface area contributed by atoms with Crippen LogP contribution in [0, 0.1) is 0 Å². The monoisotopic (exact) mass is 355 g/mol. The SMILES string of the molecule is Cn1cccc1C1CC(C(=O)NC2CCCN(c3ncccn3)C2)NN1. The lowest BCUT2D eigenvalue weighted by molar-refractivity contribution is -0.123. The normalized spacial score (nSPS) is 26.0. The Morgan fingerprint density at radius 2 is 2.12 bits per heavy atom. The van der Waals surface area contributed by atoms with E-state index in [9.17, 15) is 4.79 Å². The van der Waals surface area contributed by atoms with E-state index in [0.717, 1.165) is 38.3 Å². The van der Waals surface area contributed by atoms with Crippen molar-refractivity contribution in [2.24, 2.45) is 7.05 Å². The topological polar surface area (TPSA) is 87.1 Å². The molecule has 26 heavy (non-hydrogen) atoms. The van der Waals surface area contributed by atoms with Crippen LogP contribution in [0.1, 0.15) is 31.0 Å². The third-order valence-corrected chi connectivity index (χ3v) is 5.16. The minimum atomic E-state index is -0.224.